The van der Waals surface area contributed by atoms with Crippen LogP contribution in [-0.4, -0.2) is 43.9 Å². The summed E-state index contributed by atoms with van der Waals surface area (Å²) in [6, 6.07) is 3.00. The molecular weight excluding hydrogens is 612 g/mol. The molecule has 0 aromatic rings. The van der Waals surface area contributed by atoms with Crippen molar-refractivity contribution in [3.05, 3.63) is 59.6 Å². The summed E-state index contributed by atoms with van der Waals surface area (Å²) in [5, 5.41) is 14.8. The highest BCUT2D eigenvalue weighted by atomic mass is 28.4. The maximum Gasteiger partial charge on any atom is 0.432 e. The Balaban J connectivity index is 2.66. The molecule has 13 heteroatoms. The number of hydrogen-bond donors (Lipinski definition) is 4. The van der Waals surface area contributed by atoms with Gasteiger partial charge in [-0.15, -0.1) is 0 Å². The highest BCUT2D eigenvalue weighted by molar-refractivity contribution is 6.73. The highest BCUT2D eigenvalue weighted by Crippen LogP contribution is 2.45. The molecule has 1 aliphatic carbocycles. The van der Waals surface area contributed by atoms with E-state index in [9.17, 15) is 26.3 Å². The molecule has 3 atom stereocenters. The van der Waals surface area contributed by atoms with Crippen LogP contribution in [0.3, 0.4) is 0 Å². The molecule has 2 aliphatic rings. The van der Waals surface area contributed by atoms with Crippen LogP contribution >= 0.6 is 0 Å². The zero-order valence-electron chi connectivity index (χ0n) is 26.5. The summed E-state index contributed by atoms with van der Waals surface area (Å²) in [4.78, 5) is 4.25. The van der Waals surface area contributed by atoms with Crippen LogP contribution in [0.25, 0.3) is 0 Å². The van der Waals surface area contributed by atoms with Crippen molar-refractivity contribution in [2.75, 3.05) is 0 Å². The minimum atomic E-state index is -4.96. The number of nitrogens with one attached hydrogen (secondary N) is 2. The largest absolute Gasteiger partial charge is 0.432 e. The van der Waals surface area contributed by atoms with Gasteiger partial charge in [-0.3, -0.25) is 10.8 Å². The zero-order valence-corrected chi connectivity index (χ0v) is 27.5. The van der Waals surface area contributed by atoms with E-state index in [0.29, 0.717) is 12.2 Å². The second-order valence-electron chi connectivity index (χ2n) is 12.2. The number of alkyl halides is 6. The van der Waals surface area contributed by atoms with Crippen LogP contribution < -0.4 is 11.5 Å². The van der Waals surface area contributed by atoms with Crippen molar-refractivity contribution < 1.29 is 30.8 Å². The van der Waals surface area contributed by atoms with Gasteiger partial charge >= 0.3 is 12.4 Å². The van der Waals surface area contributed by atoms with Crippen LogP contribution in [0.1, 0.15) is 72.6 Å². The van der Waals surface area contributed by atoms with E-state index in [1.54, 1.807) is 6.08 Å². The van der Waals surface area contributed by atoms with Crippen LogP contribution in [-0.2, 0) is 4.43 Å². The van der Waals surface area contributed by atoms with Gasteiger partial charge in [0.15, 0.2) is 8.32 Å². The van der Waals surface area contributed by atoms with Crippen LogP contribution in [0, 0.1) is 22.2 Å². The number of hydrogen-bond acceptors (Lipinski definition) is 6. The van der Waals surface area contributed by atoms with Crippen molar-refractivity contribution in [2.45, 2.75) is 109 Å². The fraction of sp³-hybridized carbons (Fsp3) is 0.594. The number of halogens is 6. The minimum absolute atomic E-state index is 0.0180. The standard InChI is InChI=1S/C32H47F6N5OSi/c1-5-8-15-45(16-9-6-2,17-10-7-3)44-27-14-12-11-13-22(27)30(4)20-25(23(39)18-28(41)31(33,34)35)43-26(21-30)24(40)19-29(42)32(36,37)38/h11-14,18-20,22,27,41-42H,5-10,15-17,21,39-40H2,1-4H3/b23-18-,24-19-,41-28?,42-29?. The van der Waals surface area contributed by atoms with Gasteiger partial charge < -0.3 is 15.9 Å². The first-order chi connectivity index (χ1) is 20.9. The lowest BCUT2D eigenvalue weighted by molar-refractivity contribution is -0.0592. The number of aliphatic imine (C=N–C) groups is 1. The fourth-order valence-corrected chi connectivity index (χ4v) is 10.6. The van der Waals surface area contributed by atoms with Gasteiger partial charge in [0, 0.05) is 17.8 Å². The number of allylic oxidation sites excluding steroid dienone is 6. The molecule has 0 radical (unpaired) electrons. The summed E-state index contributed by atoms with van der Waals surface area (Å²) < 4.78 is 86.3. The van der Waals surface area contributed by atoms with E-state index in [1.165, 1.54) is 0 Å². The Morgan fingerprint density at radius 2 is 1.36 bits per heavy atom. The molecule has 0 saturated heterocycles. The third-order valence-electron chi connectivity index (χ3n) is 8.30. The maximum atomic E-state index is 13.2. The summed E-state index contributed by atoms with van der Waals surface area (Å²) in [5.41, 5.74) is 6.62. The van der Waals surface area contributed by atoms with Crippen molar-refractivity contribution in [1.82, 2.24) is 0 Å². The Labute approximate surface area is 263 Å². The number of rotatable bonds is 16. The summed E-state index contributed by atoms with van der Waals surface area (Å²) in [5.74, 6) is -0.385. The monoisotopic (exact) mass is 659 g/mol. The summed E-state index contributed by atoms with van der Waals surface area (Å²) >= 11 is 0. The molecule has 45 heavy (non-hydrogen) atoms. The first-order valence-corrected chi connectivity index (χ1v) is 18.0. The molecule has 0 bridgehead atoms. The Hall–Kier alpha value is -2.93. The molecular formula is C32H47F6N5OSi. The smallest absolute Gasteiger partial charge is 0.410 e. The SMILES string of the molecule is CCCC[Si](CCCC)(CCCC)OC1C=CC=CC1C1(C)C=C(/C(N)=C/C(=N)C(F)(F)F)N=C(/C(N)=C/C(=N)C(F)(F)F)C1. The van der Waals surface area contributed by atoms with Gasteiger partial charge in [-0.25, -0.2) is 4.99 Å². The van der Waals surface area contributed by atoms with E-state index in [2.05, 4.69) is 25.8 Å². The predicted octanol–water partition coefficient (Wildman–Crippen LogP) is 9.04. The third-order valence-corrected chi connectivity index (χ3v) is 12.9. The number of nitrogens with zero attached hydrogens (tertiary/aromatic N) is 1. The van der Waals surface area contributed by atoms with Gasteiger partial charge in [0.2, 0.25) is 0 Å². The number of unbranched alkanes of at least 4 members (excludes halogenated alkanes) is 3. The van der Waals surface area contributed by atoms with Gasteiger partial charge in [-0.2, -0.15) is 26.3 Å². The van der Waals surface area contributed by atoms with Crippen molar-refractivity contribution in [2.24, 2.45) is 27.8 Å². The molecule has 0 spiro atoms. The van der Waals surface area contributed by atoms with Gasteiger partial charge in [-0.1, -0.05) is 90.5 Å². The van der Waals surface area contributed by atoms with E-state index in [-0.39, 0.29) is 23.7 Å². The molecule has 2 rings (SSSR count). The molecule has 3 unspecified atom stereocenters. The molecule has 0 aromatic carbocycles. The Bertz CT molecular complexity index is 1230. The molecule has 6 N–H and O–H groups in total. The molecule has 1 aliphatic heterocycles. The first kappa shape index (κ1) is 38.3. The van der Waals surface area contributed by atoms with Crippen molar-refractivity contribution >= 4 is 25.5 Å². The van der Waals surface area contributed by atoms with E-state index < -0.39 is 55.0 Å². The molecule has 0 amide bonds. The summed E-state index contributed by atoms with van der Waals surface area (Å²) in [6.45, 7) is 8.26. The van der Waals surface area contributed by atoms with Crippen LogP contribution in [0.5, 0.6) is 0 Å². The topological polar surface area (TPSA) is 121 Å². The van der Waals surface area contributed by atoms with E-state index in [1.807, 2.05) is 31.2 Å². The normalized spacial score (nSPS) is 23.2. The fourth-order valence-electron chi connectivity index (χ4n) is 5.73. The van der Waals surface area contributed by atoms with Gasteiger partial charge in [0.25, 0.3) is 0 Å². The van der Waals surface area contributed by atoms with E-state index in [0.717, 1.165) is 56.7 Å². The Kier molecular flexibility index (Phi) is 13.7. The number of nitrogens with two attached hydrogens (primary N) is 2. The molecule has 1 heterocycles. The Morgan fingerprint density at radius 1 is 0.889 bits per heavy atom. The molecule has 0 fully saturated rings. The average molecular weight is 660 g/mol. The van der Waals surface area contributed by atoms with E-state index >= 15 is 0 Å². The summed E-state index contributed by atoms with van der Waals surface area (Å²) in [7, 11) is -2.26. The second kappa shape index (κ2) is 16.1. The lowest BCUT2D eigenvalue weighted by Crippen LogP contribution is -2.47. The maximum absolute atomic E-state index is 13.2. The van der Waals surface area contributed by atoms with Crippen molar-refractivity contribution in [1.29, 1.82) is 10.8 Å². The van der Waals surface area contributed by atoms with Gasteiger partial charge in [0.1, 0.15) is 11.4 Å². The van der Waals surface area contributed by atoms with Gasteiger partial charge in [0.05, 0.1) is 28.9 Å². The quantitative estimate of drug-likeness (QED) is 0.0751. The minimum Gasteiger partial charge on any atom is -0.410 e. The average Bonchev–Trinajstić information content (AvgIpc) is 2.96. The van der Waals surface area contributed by atoms with Crippen LogP contribution in [0.2, 0.25) is 18.1 Å². The lowest BCUT2D eigenvalue weighted by atomic mass is 9.67. The first-order valence-electron chi connectivity index (χ1n) is 15.5. The predicted molar refractivity (Wildman–Crippen MR) is 172 cm³/mol. The zero-order chi connectivity index (χ0) is 34.1. The summed E-state index contributed by atoms with van der Waals surface area (Å²) in [6.07, 6.45) is 6.01. The Morgan fingerprint density at radius 3 is 1.82 bits per heavy atom. The molecule has 252 valence electrons. The second-order valence-corrected chi connectivity index (χ2v) is 16.3. The van der Waals surface area contributed by atoms with E-state index in [4.69, 9.17) is 26.7 Å². The van der Waals surface area contributed by atoms with Crippen molar-refractivity contribution in [3.63, 3.8) is 0 Å². The highest BCUT2D eigenvalue weighted by Gasteiger charge is 2.45. The van der Waals surface area contributed by atoms with Crippen LogP contribution in [0.4, 0.5) is 26.3 Å². The van der Waals surface area contributed by atoms with Crippen molar-refractivity contribution in [3.8, 4) is 0 Å². The van der Waals surface area contributed by atoms with Gasteiger partial charge in [-0.05, 0) is 36.4 Å². The third kappa shape index (κ3) is 10.8. The van der Waals surface area contributed by atoms with Crippen LogP contribution in [0.15, 0.2) is 64.6 Å². The molecule has 0 saturated carbocycles. The lowest BCUT2D eigenvalue weighted by Gasteiger charge is -2.45. The molecule has 0 aromatic heterocycles. The molecule has 6 nitrogen and oxygen atoms in total.